The van der Waals surface area contributed by atoms with E-state index < -0.39 is 7.26 Å². The van der Waals surface area contributed by atoms with Crippen molar-refractivity contribution in [1.29, 1.82) is 0 Å². The predicted molar refractivity (Wildman–Crippen MR) is 135 cm³/mol. The summed E-state index contributed by atoms with van der Waals surface area (Å²) < 4.78 is 0. The molecule has 0 aliphatic carbocycles. The molecule has 0 spiro atoms. The molecule has 1 unspecified atom stereocenters. The minimum Gasteiger partial charge on any atom is -0.255 e. The Hall–Kier alpha value is -3.22. The summed E-state index contributed by atoms with van der Waals surface area (Å²) in [5.41, 5.74) is 3.55. The van der Waals surface area contributed by atoms with Gasteiger partial charge in [-0.1, -0.05) is 72.8 Å². The quantitative estimate of drug-likeness (QED) is 0.373. The van der Waals surface area contributed by atoms with E-state index in [4.69, 9.17) is 5.10 Å². The second-order valence-corrected chi connectivity index (χ2v) is 11.4. The molecule has 1 aliphatic rings. The van der Waals surface area contributed by atoms with Crippen molar-refractivity contribution in [2.75, 3.05) is 11.2 Å². The van der Waals surface area contributed by atoms with E-state index in [9.17, 15) is 0 Å². The minimum atomic E-state index is -1.93. The lowest BCUT2D eigenvalue weighted by atomic mass is 10.2. The Labute approximate surface area is 185 Å². The molecule has 0 bridgehead atoms. The largest absolute Gasteiger partial charge is 0.255 e. The van der Waals surface area contributed by atoms with E-state index in [1.54, 1.807) is 0 Å². The molecule has 31 heavy (non-hydrogen) atoms. The summed E-state index contributed by atoms with van der Waals surface area (Å²) in [5.74, 6) is 0. The van der Waals surface area contributed by atoms with Crippen molar-refractivity contribution in [2.45, 2.75) is 13.0 Å². The molecule has 1 heterocycles. The molecule has 0 amide bonds. The molecule has 0 saturated heterocycles. The molecule has 1 atom stereocenters. The second-order valence-electron chi connectivity index (χ2n) is 7.98. The summed E-state index contributed by atoms with van der Waals surface area (Å²) >= 11 is 0. The third-order valence-electron chi connectivity index (χ3n) is 5.97. The third kappa shape index (κ3) is 3.58. The van der Waals surface area contributed by atoms with Gasteiger partial charge in [0.1, 0.15) is 17.9 Å². The molecule has 4 aromatic carbocycles. The molecule has 2 nitrogen and oxygen atoms in total. The first kappa shape index (κ1) is 19.7. The normalized spacial score (nSPS) is 17.8. The lowest BCUT2D eigenvalue weighted by Gasteiger charge is -2.39. The molecule has 5 rings (SSSR count). The van der Waals surface area contributed by atoms with Gasteiger partial charge >= 0.3 is 0 Å². The highest BCUT2D eigenvalue weighted by atomic mass is 31.2. The van der Waals surface area contributed by atoms with Crippen LogP contribution in [0, 0.1) is 0 Å². The molecular weight excluding hydrogens is 395 g/mol. The molecule has 1 aliphatic heterocycles. The number of anilines is 1. The van der Waals surface area contributed by atoms with Crippen molar-refractivity contribution in [2.24, 2.45) is 5.10 Å². The third-order valence-corrected chi connectivity index (χ3v) is 10.5. The molecule has 152 valence electrons. The fraction of sp³-hybridized carbons (Fsp3) is 0.107. The van der Waals surface area contributed by atoms with Crippen LogP contribution >= 0.6 is 7.26 Å². The highest BCUT2D eigenvalue weighted by Gasteiger charge is 2.54. The summed E-state index contributed by atoms with van der Waals surface area (Å²) in [6, 6.07) is 43.6. The van der Waals surface area contributed by atoms with Crippen LogP contribution in [-0.2, 0) is 0 Å². The standard InChI is InChI=1S/C28H26N2P/c1-23-22-31(26-18-10-4-11-19-26,27-20-12-5-13-21-27)28(24-14-6-2-7-15-24)29-30(23)25-16-8-3-9-17-25/h2-21,23H,22H2,1H3/q+1. The van der Waals surface area contributed by atoms with Crippen molar-refractivity contribution in [1.82, 2.24) is 0 Å². The van der Waals surface area contributed by atoms with E-state index >= 15 is 0 Å². The number of hydrogen-bond acceptors (Lipinski definition) is 2. The number of benzene rings is 4. The van der Waals surface area contributed by atoms with E-state index in [2.05, 4.69) is 133 Å². The van der Waals surface area contributed by atoms with E-state index in [0.29, 0.717) is 0 Å². The van der Waals surface area contributed by atoms with Gasteiger partial charge < -0.3 is 0 Å². The molecule has 3 heteroatoms. The average Bonchev–Trinajstić information content (AvgIpc) is 2.86. The van der Waals surface area contributed by atoms with E-state index in [-0.39, 0.29) is 6.04 Å². The van der Waals surface area contributed by atoms with Crippen molar-refractivity contribution in [3.05, 3.63) is 127 Å². The van der Waals surface area contributed by atoms with E-state index in [1.807, 2.05) is 0 Å². The van der Waals surface area contributed by atoms with E-state index in [0.717, 1.165) is 11.8 Å². The Morgan fingerprint density at radius 2 is 1.10 bits per heavy atom. The number of hydrogen-bond donors (Lipinski definition) is 0. The summed E-state index contributed by atoms with van der Waals surface area (Å²) in [7, 11) is -1.93. The predicted octanol–water partition coefficient (Wildman–Crippen LogP) is 5.93. The second kappa shape index (κ2) is 8.49. The summed E-state index contributed by atoms with van der Waals surface area (Å²) in [6.45, 7) is 2.30. The van der Waals surface area contributed by atoms with Gasteiger partial charge in [-0.15, -0.1) is 5.10 Å². The highest BCUT2D eigenvalue weighted by molar-refractivity contribution is 8.03. The van der Waals surface area contributed by atoms with Gasteiger partial charge in [-0.05, 0) is 55.5 Å². The molecular formula is C28H26N2P+. The topological polar surface area (TPSA) is 15.6 Å². The fourth-order valence-corrected chi connectivity index (χ4v) is 9.10. The van der Waals surface area contributed by atoms with Crippen molar-refractivity contribution < 1.29 is 0 Å². The zero-order chi connectivity index (χ0) is 21.1. The number of rotatable bonds is 4. The molecule has 0 aromatic heterocycles. The lowest BCUT2D eigenvalue weighted by Crippen LogP contribution is -2.45. The maximum absolute atomic E-state index is 5.41. The van der Waals surface area contributed by atoms with Gasteiger partial charge in [0.2, 0.25) is 5.45 Å². The zero-order valence-corrected chi connectivity index (χ0v) is 18.6. The zero-order valence-electron chi connectivity index (χ0n) is 17.7. The first-order valence-electron chi connectivity index (χ1n) is 10.8. The number of nitrogens with zero attached hydrogens (tertiary/aromatic N) is 2. The Morgan fingerprint density at radius 1 is 0.645 bits per heavy atom. The Bertz CT molecular complexity index is 1120. The maximum Gasteiger partial charge on any atom is 0.217 e. The van der Waals surface area contributed by atoms with Crippen LogP contribution in [0.4, 0.5) is 5.69 Å². The van der Waals surface area contributed by atoms with Crippen molar-refractivity contribution >= 4 is 29.0 Å². The Kier molecular flexibility index (Phi) is 5.40. The summed E-state index contributed by atoms with van der Waals surface area (Å²) in [5, 5.41) is 10.4. The van der Waals surface area contributed by atoms with Gasteiger partial charge in [0.25, 0.3) is 0 Å². The van der Waals surface area contributed by atoms with Crippen LogP contribution in [0.15, 0.2) is 126 Å². The molecule has 0 N–H and O–H groups in total. The molecule has 4 aromatic rings. The first-order chi connectivity index (χ1) is 15.3. The van der Waals surface area contributed by atoms with Crippen LogP contribution in [0.1, 0.15) is 12.5 Å². The molecule has 0 fully saturated rings. The lowest BCUT2D eigenvalue weighted by molar-refractivity contribution is 0.713. The van der Waals surface area contributed by atoms with Gasteiger partial charge in [0.05, 0.1) is 17.9 Å². The number of hydrazone groups is 1. The van der Waals surface area contributed by atoms with Gasteiger partial charge in [0.15, 0.2) is 0 Å². The van der Waals surface area contributed by atoms with E-state index in [1.165, 1.54) is 21.6 Å². The summed E-state index contributed by atoms with van der Waals surface area (Å²) in [4.78, 5) is 0. The smallest absolute Gasteiger partial charge is 0.217 e. The van der Waals surface area contributed by atoms with Crippen molar-refractivity contribution in [3.8, 4) is 0 Å². The highest BCUT2D eigenvalue weighted by Crippen LogP contribution is 2.62. The van der Waals surface area contributed by atoms with Crippen LogP contribution in [-0.4, -0.2) is 17.7 Å². The van der Waals surface area contributed by atoms with Crippen LogP contribution in [0.25, 0.3) is 0 Å². The minimum absolute atomic E-state index is 0.281. The fourth-order valence-electron chi connectivity index (χ4n) is 4.56. The SMILES string of the molecule is CC1C[P+](c2ccccc2)(c2ccccc2)C(c2ccccc2)=NN1c1ccccc1. The monoisotopic (exact) mass is 421 g/mol. The van der Waals surface area contributed by atoms with Gasteiger partial charge in [-0.25, -0.2) is 0 Å². The Balaban J connectivity index is 1.80. The van der Waals surface area contributed by atoms with Gasteiger partial charge in [0, 0.05) is 5.56 Å². The van der Waals surface area contributed by atoms with Gasteiger partial charge in [-0.3, -0.25) is 5.01 Å². The molecule has 0 radical (unpaired) electrons. The summed E-state index contributed by atoms with van der Waals surface area (Å²) in [6.07, 6.45) is 1.05. The molecule has 0 saturated carbocycles. The maximum atomic E-state index is 5.41. The van der Waals surface area contributed by atoms with Crippen molar-refractivity contribution in [3.63, 3.8) is 0 Å². The average molecular weight is 422 g/mol. The van der Waals surface area contributed by atoms with Crippen LogP contribution in [0.3, 0.4) is 0 Å². The van der Waals surface area contributed by atoms with Gasteiger partial charge in [-0.2, -0.15) is 0 Å². The van der Waals surface area contributed by atoms with Crippen LogP contribution in [0.2, 0.25) is 0 Å². The number of para-hydroxylation sites is 1. The Morgan fingerprint density at radius 3 is 1.61 bits per heavy atom. The first-order valence-corrected chi connectivity index (χ1v) is 12.7. The van der Waals surface area contributed by atoms with Crippen LogP contribution < -0.4 is 15.6 Å². The van der Waals surface area contributed by atoms with Crippen LogP contribution in [0.5, 0.6) is 0 Å².